The highest BCUT2D eigenvalue weighted by atomic mass is 16.4. The first-order valence-electron chi connectivity index (χ1n) is 7.83. The Morgan fingerprint density at radius 1 is 1.36 bits per heavy atom. The summed E-state index contributed by atoms with van der Waals surface area (Å²) >= 11 is 0. The zero-order chi connectivity index (χ0) is 16.0. The van der Waals surface area contributed by atoms with Gasteiger partial charge in [-0.15, -0.1) is 0 Å². The molecule has 128 valence electrons. The van der Waals surface area contributed by atoms with E-state index >= 15 is 0 Å². The fourth-order valence-corrected chi connectivity index (χ4v) is 3.36. The number of carbonyl (C=O) groups is 2. The van der Waals surface area contributed by atoms with Gasteiger partial charge in [0.15, 0.2) is 0 Å². The molecule has 1 aliphatic rings. The lowest BCUT2D eigenvalue weighted by atomic mass is 9.83. The molecule has 0 saturated carbocycles. The summed E-state index contributed by atoms with van der Waals surface area (Å²) in [5, 5.41) is 15.5. The van der Waals surface area contributed by atoms with Crippen LogP contribution in [0.1, 0.15) is 47.0 Å². The minimum absolute atomic E-state index is 0. The molecule has 6 heteroatoms. The van der Waals surface area contributed by atoms with Gasteiger partial charge in [-0.05, 0) is 25.2 Å². The number of aliphatic carboxylic acids is 1. The normalized spacial score (nSPS) is 26.0. The van der Waals surface area contributed by atoms with Gasteiger partial charge in [-0.25, -0.2) is 0 Å². The van der Waals surface area contributed by atoms with Crippen molar-refractivity contribution in [1.29, 1.82) is 0 Å². The Morgan fingerprint density at radius 3 is 2.36 bits per heavy atom. The van der Waals surface area contributed by atoms with Crippen LogP contribution in [0.3, 0.4) is 0 Å². The quantitative estimate of drug-likeness (QED) is 0.537. The van der Waals surface area contributed by atoms with E-state index in [-0.39, 0.29) is 30.1 Å². The van der Waals surface area contributed by atoms with Crippen molar-refractivity contribution in [2.45, 2.75) is 65.1 Å². The maximum absolute atomic E-state index is 11.6. The Labute approximate surface area is 133 Å². The number of carbonyl (C=O) groups excluding carboxylic acids is 1. The zero-order valence-electron chi connectivity index (χ0n) is 14.1. The lowest BCUT2D eigenvalue weighted by Crippen LogP contribution is -2.54. The predicted octanol–water partition coefficient (Wildman–Crippen LogP) is 2.10. The molecule has 1 rings (SSSR count). The van der Waals surface area contributed by atoms with Gasteiger partial charge in [-0.3, -0.25) is 14.9 Å². The van der Waals surface area contributed by atoms with Gasteiger partial charge in [0.25, 0.3) is 0 Å². The number of carboxylic acids is 1. The standard InChI is InChI=1S/C16H28N2O3.H3N/c1-5-8-12-9-13(16(20)21)18-15(12)14(17-10(4)19)11(6-2)7-3;/h5,8,11-15,18H,6-7,9H2,1-4H3,(H,17,19)(H,20,21);1H3/b8-5-;/t12-,13-,14-,15-;/m1./s1. The SMILES string of the molecule is C/C=C\[C@@H]1C[C@H](C(=O)O)N[C@H]1[C@H](NC(C)=O)C(CC)CC.N. The van der Waals surface area contributed by atoms with E-state index in [1.54, 1.807) is 0 Å². The molecule has 0 aromatic heterocycles. The van der Waals surface area contributed by atoms with Crippen molar-refractivity contribution in [3.05, 3.63) is 12.2 Å². The maximum Gasteiger partial charge on any atom is 0.320 e. The van der Waals surface area contributed by atoms with Crippen LogP contribution in [0.15, 0.2) is 12.2 Å². The molecule has 1 heterocycles. The molecular weight excluding hydrogens is 282 g/mol. The Morgan fingerprint density at radius 2 is 1.95 bits per heavy atom. The Kier molecular flexibility index (Phi) is 8.97. The van der Waals surface area contributed by atoms with Crippen LogP contribution in [-0.2, 0) is 9.59 Å². The molecule has 0 bridgehead atoms. The van der Waals surface area contributed by atoms with Gasteiger partial charge in [0, 0.05) is 19.0 Å². The zero-order valence-corrected chi connectivity index (χ0v) is 14.1. The summed E-state index contributed by atoms with van der Waals surface area (Å²) in [7, 11) is 0. The molecule has 1 saturated heterocycles. The second kappa shape index (κ2) is 9.58. The molecule has 0 spiro atoms. The molecule has 1 amide bonds. The predicted molar refractivity (Wildman–Crippen MR) is 88.0 cm³/mol. The Bertz CT molecular complexity index is 394. The van der Waals surface area contributed by atoms with E-state index in [1.807, 2.05) is 13.0 Å². The van der Waals surface area contributed by atoms with E-state index in [0.29, 0.717) is 12.3 Å². The first-order valence-corrected chi connectivity index (χ1v) is 7.83. The third kappa shape index (κ3) is 5.10. The van der Waals surface area contributed by atoms with Crippen molar-refractivity contribution < 1.29 is 14.7 Å². The van der Waals surface area contributed by atoms with Crippen molar-refractivity contribution >= 4 is 11.9 Å². The summed E-state index contributed by atoms with van der Waals surface area (Å²) < 4.78 is 0. The van der Waals surface area contributed by atoms with Gasteiger partial charge in [0.1, 0.15) is 6.04 Å². The number of amides is 1. The van der Waals surface area contributed by atoms with Gasteiger partial charge in [-0.1, -0.05) is 38.8 Å². The summed E-state index contributed by atoms with van der Waals surface area (Å²) in [5.74, 6) is -0.412. The highest BCUT2D eigenvalue weighted by Crippen LogP contribution is 2.29. The van der Waals surface area contributed by atoms with Crippen LogP contribution in [0.2, 0.25) is 0 Å². The molecule has 0 radical (unpaired) electrons. The summed E-state index contributed by atoms with van der Waals surface area (Å²) in [6.07, 6.45) is 6.50. The minimum Gasteiger partial charge on any atom is -0.480 e. The van der Waals surface area contributed by atoms with Crippen LogP contribution in [0.25, 0.3) is 0 Å². The first-order chi connectivity index (χ1) is 9.94. The van der Waals surface area contributed by atoms with Crippen molar-refractivity contribution in [3.63, 3.8) is 0 Å². The van der Waals surface area contributed by atoms with E-state index in [2.05, 4.69) is 30.6 Å². The third-order valence-corrected chi connectivity index (χ3v) is 4.41. The molecule has 0 aromatic carbocycles. The Hall–Kier alpha value is -1.40. The summed E-state index contributed by atoms with van der Waals surface area (Å²) in [4.78, 5) is 22.8. The van der Waals surface area contributed by atoms with E-state index in [0.717, 1.165) is 12.8 Å². The number of rotatable bonds is 7. The molecule has 4 atom stereocenters. The molecule has 6 nitrogen and oxygen atoms in total. The number of hydrogen-bond donors (Lipinski definition) is 4. The summed E-state index contributed by atoms with van der Waals surface area (Å²) in [6.45, 7) is 7.67. The third-order valence-electron chi connectivity index (χ3n) is 4.41. The molecule has 6 N–H and O–H groups in total. The molecule has 0 unspecified atom stereocenters. The van der Waals surface area contributed by atoms with Crippen molar-refractivity contribution in [1.82, 2.24) is 16.8 Å². The second-order valence-corrected chi connectivity index (χ2v) is 5.81. The van der Waals surface area contributed by atoms with Gasteiger partial charge >= 0.3 is 5.97 Å². The van der Waals surface area contributed by atoms with Crippen LogP contribution >= 0.6 is 0 Å². The average molecular weight is 313 g/mol. The average Bonchev–Trinajstić information content (AvgIpc) is 2.83. The lowest BCUT2D eigenvalue weighted by Gasteiger charge is -2.34. The van der Waals surface area contributed by atoms with Crippen LogP contribution in [0.4, 0.5) is 0 Å². The van der Waals surface area contributed by atoms with Crippen molar-refractivity contribution in [2.24, 2.45) is 11.8 Å². The lowest BCUT2D eigenvalue weighted by molar-refractivity contribution is -0.139. The smallest absolute Gasteiger partial charge is 0.320 e. The van der Waals surface area contributed by atoms with Gasteiger partial charge < -0.3 is 16.6 Å². The van der Waals surface area contributed by atoms with E-state index < -0.39 is 12.0 Å². The van der Waals surface area contributed by atoms with Crippen LogP contribution < -0.4 is 16.8 Å². The largest absolute Gasteiger partial charge is 0.480 e. The van der Waals surface area contributed by atoms with Crippen LogP contribution in [-0.4, -0.2) is 35.1 Å². The van der Waals surface area contributed by atoms with Crippen molar-refractivity contribution in [2.75, 3.05) is 0 Å². The molecule has 22 heavy (non-hydrogen) atoms. The van der Waals surface area contributed by atoms with E-state index in [4.69, 9.17) is 0 Å². The molecule has 0 aliphatic carbocycles. The van der Waals surface area contributed by atoms with E-state index in [1.165, 1.54) is 6.92 Å². The number of carboxylic acid groups (broad SMARTS) is 1. The number of allylic oxidation sites excluding steroid dienone is 1. The van der Waals surface area contributed by atoms with Crippen LogP contribution in [0, 0.1) is 11.8 Å². The number of nitrogens with one attached hydrogen (secondary N) is 2. The van der Waals surface area contributed by atoms with Crippen molar-refractivity contribution in [3.8, 4) is 0 Å². The van der Waals surface area contributed by atoms with Crippen LogP contribution in [0.5, 0.6) is 0 Å². The minimum atomic E-state index is -0.821. The maximum atomic E-state index is 11.6. The fourth-order valence-electron chi connectivity index (χ4n) is 3.36. The summed E-state index contributed by atoms with van der Waals surface area (Å²) in [6, 6.07) is -0.610. The molecule has 1 fully saturated rings. The molecular formula is C16H31N3O3. The topological polar surface area (TPSA) is 113 Å². The first kappa shape index (κ1) is 20.6. The fraction of sp³-hybridized carbons (Fsp3) is 0.750. The number of hydrogen-bond acceptors (Lipinski definition) is 4. The van der Waals surface area contributed by atoms with Gasteiger partial charge in [0.2, 0.25) is 5.91 Å². The van der Waals surface area contributed by atoms with Gasteiger partial charge in [0.05, 0.1) is 0 Å². The Balaban J connectivity index is 0.00000441. The highest BCUT2D eigenvalue weighted by molar-refractivity contribution is 5.75. The second-order valence-electron chi connectivity index (χ2n) is 5.81. The molecule has 1 aliphatic heterocycles. The summed E-state index contributed by atoms with van der Waals surface area (Å²) in [5.41, 5.74) is 0. The monoisotopic (exact) mass is 313 g/mol. The molecule has 0 aromatic rings. The van der Waals surface area contributed by atoms with E-state index in [9.17, 15) is 14.7 Å². The highest BCUT2D eigenvalue weighted by Gasteiger charge is 2.42. The van der Waals surface area contributed by atoms with Gasteiger partial charge in [-0.2, -0.15) is 0 Å².